The van der Waals surface area contributed by atoms with Gasteiger partial charge in [-0.15, -0.1) is 0 Å². The second-order valence-corrected chi connectivity index (χ2v) is 5.74. The first kappa shape index (κ1) is 11.0. The summed E-state index contributed by atoms with van der Waals surface area (Å²) in [6, 6.07) is 1.67. The van der Waals surface area contributed by atoms with E-state index < -0.39 is 0 Å². The van der Waals surface area contributed by atoms with Crippen LogP contribution in [-0.4, -0.2) is 61.2 Å². The molecule has 0 aromatic heterocycles. The molecule has 2 atom stereocenters. The lowest BCUT2D eigenvalue weighted by Crippen LogP contribution is -2.39. The van der Waals surface area contributed by atoms with E-state index in [2.05, 4.69) is 15.1 Å². The molecule has 16 heavy (non-hydrogen) atoms. The number of rotatable bonds is 3. The number of hydrogen-bond acceptors (Lipinski definition) is 3. The van der Waals surface area contributed by atoms with E-state index in [-0.39, 0.29) is 0 Å². The number of nitrogens with zero attached hydrogens (tertiary/aromatic N) is 2. The number of nitrogens with one attached hydrogen (secondary N) is 1. The molecule has 3 aliphatic heterocycles. The summed E-state index contributed by atoms with van der Waals surface area (Å²) in [6.45, 7) is 7.93. The van der Waals surface area contributed by atoms with Crippen LogP contribution in [0.3, 0.4) is 0 Å². The maximum absolute atomic E-state index is 3.61. The third kappa shape index (κ3) is 2.41. The predicted molar refractivity (Wildman–Crippen MR) is 66.7 cm³/mol. The van der Waals surface area contributed by atoms with Crippen LogP contribution < -0.4 is 5.32 Å². The van der Waals surface area contributed by atoms with E-state index in [0.29, 0.717) is 0 Å². The molecule has 3 heterocycles. The summed E-state index contributed by atoms with van der Waals surface area (Å²) in [5.41, 5.74) is 0. The Morgan fingerprint density at radius 2 is 1.88 bits per heavy atom. The summed E-state index contributed by atoms with van der Waals surface area (Å²) in [5, 5.41) is 3.61. The molecule has 3 nitrogen and oxygen atoms in total. The van der Waals surface area contributed by atoms with Crippen LogP contribution in [0.15, 0.2) is 0 Å². The van der Waals surface area contributed by atoms with Crippen LogP contribution in [-0.2, 0) is 0 Å². The molecule has 0 radical (unpaired) electrons. The molecule has 0 saturated carbocycles. The van der Waals surface area contributed by atoms with Crippen molar-refractivity contribution >= 4 is 0 Å². The molecule has 0 aromatic carbocycles. The molecule has 0 amide bonds. The molecule has 92 valence electrons. The van der Waals surface area contributed by atoms with Gasteiger partial charge in [-0.3, -0.25) is 4.90 Å². The Balaban J connectivity index is 1.45. The lowest BCUT2D eigenvalue weighted by molar-refractivity contribution is 0.225. The Morgan fingerprint density at radius 1 is 1.00 bits per heavy atom. The summed E-state index contributed by atoms with van der Waals surface area (Å²) in [5.74, 6) is 0. The van der Waals surface area contributed by atoms with Crippen molar-refractivity contribution in [2.75, 3.05) is 39.3 Å². The average molecular weight is 223 g/mol. The first-order valence-electron chi connectivity index (χ1n) is 7.11. The van der Waals surface area contributed by atoms with Gasteiger partial charge in [0.25, 0.3) is 0 Å². The average Bonchev–Trinajstić information content (AvgIpc) is 2.99. The lowest BCUT2D eigenvalue weighted by atomic mass is 10.2. The summed E-state index contributed by atoms with van der Waals surface area (Å²) < 4.78 is 0. The van der Waals surface area contributed by atoms with Crippen molar-refractivity contribution in [2.24, 2.45) is 0 Å². The second kappa shape index (κ2) is 5.03. The van der Waals surface area contributed by atoms with Crippen molar-refractivity contribution in [3.05, 3.63) is 0 Å². The van der Waals surface area contributed by atoms with E-state index in [1.54, 1.807) is 0 Å². The summed E-state index contributed by atoms with van der Waals surface area (Å²) in [7, 11) is 0. The van der Waals surface area contributed by atoms with Gasteiger partial charge in [-0.2, -0.15) is 0 Å². The van der Waals surface area contributed by atoms with Gasteiger partial charge in [-0.25, -0.2) is 0 Å². The molecule has 3 heteroatoms. The third-order valence-corrected chi connectivity index (χ3v) is 4.55. The van der Waals surface area contributed by atoms with Crippen molar-refractivity contribution in [3.63, 3.8) is 0 Å². The fourth-order valence-corrected chi connectivity index (χ4v) is 3.61. The molecule has 3 rings (SSSR count). The zero-order chi connectivity index (χ0) is 10.8. The zero-order valence-electron chi connectivity index (χ0n) is 10.3. The smallest absolute Gasteiger partial charge is 0.0235 e. The van der Waals surface area contributed by atoms with Crippen LogP contribution in [0.5, 0.6) is 0 Å². The molecule has 3 fully saturated rings. The summed E-state index contributed by atoms with van der Waals surface area (Å²) in [6.07, 6.45) is 7.05. The first-order valence-corrected chi connectivity index (χ1v) is 7.11. The van der Waals surface area contributed by atoms with Gasteiger partial charge in [0, 0.05) is 25.2 Å². The highest BCUT2D eigenvalue weighted by atomic mass is 15.3. The maximum atomic E-state index is 3.61. The summed E-state index contributed by atoms with van der Waals surface area (Å²) >= 11 is 0. The van der Waals surface area contributed by atoms with Gasteiger partial charge in [-0.1, -0.05) is 0 Å². The summed E-state index contributed by atoms with van der Waals surface area (Å²) in [4.78, 5) is 5.41. The minimum Gasteiger partial charge on any atom is -0.313 e. The van der Waals surface area contributed by atoms with Gasteiger partial charge >= 0.3 is 0 Å². The maximum Gasteiger partial charge on any atom is 0.0235 e. The van der Waals surface area contributed by atoms with Crippen molar-refractivity contribution in [2.45, 2.75) is 44.2 Å². The topological polar surface area (TPSA) is 18.5 Å². The minimum absolute atomic E-state index is 0.789. The Morgan fingerprint density at radius 3 is 2.62 bits per heavy atom. The van der Waals surface area contributed by atoms with Gasteiger partial charge in [0.15, 0.2) is 0 Å². The molecule has 2 unspecified atom stereocenters. The number of hydrogen-bond donors (Lipinski definition) is 1. The van der Waals surface area contributed by atoms with E-state index in [0.717, 1.165) is 12.1 Å². The van der Waals surface area contributed by atoms with E-state index in [9.17, 15) is 0 Å². The molecule has 0 bridgehead atoms. The Bertz CT molecular complexity index is 219. The zero-order valence-corrected chi connectivity index (χ0v) is 10.3. The highest BCUT2D eigenvalue weighted by Crippen LogP contribution is 2.21. The Hall–Kier alpha value is -0.120. The Kier molecular flexibility index (Phi) is 3.46. The van der Waals surface area contributed by atoms with Crippen LogP contribution in [0.1, 0.15) is 32.1 Å². The third-order valence-electron chi connectivity index (χ3n) is 4.55. The molecule has 3 saturated heterocycles. The number of likely N-dealkylation sites (tertiary alicyclic amines) is 2. The van der Waals surface area contributed by atoms with E-state index in [4.69, 9.17) is 0 Å². The van der Waals surface area contributed by atoms with Crippen molar-refractivity contribution in [3.8, 4) is 0 Å². The van der Waals surface area contributed by atoms with Gasteiger partial charge in [0.2, 0.25) is 0 Å². The van der Waals surface area contributed by atoms with Gasteiger partial charge in [-0.05, 0) is 58.3 Å². The normalized spacial score (nSPS) is 37.5. The lowest BCUT2D eigenvalue weighted by Gasteiger charge is -2.25. The molecule has 0 aliphatic carbocycles. The van der Waals surface area contributed by atoms with Gasteiger partial charge in [0.05, 0.1) is 0 Å². The van der Waals surface area contributed by atoms with Crippen molar-refractivity contribution in [1.29, 1.82) is 0 Å². The fraction of sp³-hybridized carbons (Fsp3) is 1.00. The van der Waals surface area contributed by atoms with Crippen LogP contribution in [0.2, 0.25) is 0 Å². The predicted octanol–water partition coefficient (Wildman–Crippen LogP) is 0.908. The molecule has 3 aliphatic rings. The van der Waals surface area contributed by atoms with E-state index in [1.807, 2.05) is 0 Å². The highest BCUT2D eigenvalue weighted by molar-refractivity contribution is 4.88. The van der Waals surface area contributed by atoms with Crippen LogP contribution in [0.25, 0.3) is 0 Å². The molecule has 0 spiro atoms. The van der Waals surface area contributed by atoms with Crippen LogP contribution >= 0.6 is 0 Å². The van der Waals surface area contributed by atoms with Crippen LogP contribution in [0.4, 0.5) is 0 Å². The standard InChI is InChI=1S/C13H25N3/c1-2-8-16(7-1)13-5-9-15(11-13)10-12-4-3-6-14-12/h12-14H,1-11H2. The molecular formula is C13H25N3. The molecule has 0 aromatic rings. The highest BCUT2D eigenvalue weighted by Gasteiger charge is 2.30. The minimum atomic E-state index is 0.789. The van der Waals surface area contributed by atoms with Gasteiger partial charge < -0.3 is 10.2 Å². The quantitative estimate of drug-likeness (QED) is 0.767. The van der Waals surface area contributed by atoms with E-state index in [1.165, 1.54) is 71.4 Å². The Labute approximate surface area is 99.2 Å². The molecule has 1 N–H and O–H groups in total. The molecular weight excluding hydrogens is 198 g/mol. The van der Waals surface area contributed by atoms with Crippen molar-refractivity contribution < 1.29 is 0 Å². The fourth-order valence-electron chi connectivity index (χ4n) is 3.61. The van der Waals surface area contributed by atoms with Crippen LogP contribution in [0, 0.1) is 0 Å². The first-order chi connectivity index (χ1) is 7.92. The SMILES string of the molecule is C1CNC(CN2CCC(N3CCCC3)C2)C1. The van der Waals surface area contributed by atoms with Gasteiger partial charge in [0.1, 0.15) is 0 Å². The monoisotopic (exact) mass is 223 g/mol. The van der Waals surface area contributed by atoms with Crippen molar-refractivity contribution in [1.82, 2.24) is 15.1 Å². The largest absolute Gasteiger partial charge is 0.313 e. The second-order valence-electron chi connectivity index (χ2n) is 5.74. The van der Waals surface area contributed by atoms with E-state index >= 15 is 0 Å².